The van der Waals surface area contributed by atoms with Crippen LogP contribution in [0.15, 0.2) is 12.2 Å². The third-order valence-corrected chi connectivity index (χ3v) is 4.82. The van der Waals surface area contributed by atoms with Gasteiger partial charge < -0.3 is 15.2 Å². The summed E-state index contributed by atoms with van der Waals surface area (Å²) in [5, 5.41) is 12.2. The molecule has 1 amide bonds. The third-order valence-electron chi connectivity index (χ3n) is 4.82. The first-order valence-electron chi connectivity index (χ1n) is 8.99. The Hall–Kier alpha value is -1.36. The number of fused-ring (bicyclic) bond motifs is 2. The highest BCUT2D eigenvalue weighted by molar-refractivity contribution is 5.87. The lowest BCUT2D eigenvalue weighted by atomic mass is 9.82. The zero-order chi connectivity index (χ0) is 16.7. The van der Waals surface area contributed by atoms with Gasteiger partial charge in [0, 0.05) is 6.54 Å². The number of carboxylic acid groups (broad SMARTS) is 1. The first-order chi connectivity index (χ1) is 11.1. The summed E-state index contributed by atoms with van der Waals surface area (Å²) >= 11 is 0. The van der Waals surface area contributed by atoms with Gasteiger partial charge in [-0.05, 0) is 6.42 Å². The molecule has 4 atom stereocenters. The molecule has 5 nitrogen and oxygen atoms in total. The van der Waals surface area contributed by atoms with Crippen molar-refractivity contribution in [3.05, 3.63) is 12.2 Å². The van der Waals surface area contributed by atoms with Gasteiger partial charge in [-0.2, -0.15) is 0 Å². The SMILES string of the molecule is CCCCCCCCCCNC(=O)[C@@H]1[C@@H](C(=O)O)[C@H]2C=C[C@H]1O2. The van der Waals surface area contributed by atoms with E-state index < -0.39 is 23.9 Å². The molecule has 0 aromatic heterocycles. The predicted molar refractivity (Wildman–Crippen MR) is 88.0 cm³/mol. The first-order valence-corrected chi connectivity index (χ1v) is 8.99. The summed E-state index contributed by atoms with van der Waals surface area (Å²) in [5.41, 5.74) is 0. The second-order valence-corrected chi connectivity index (χ2v) is 6.61. The lowest BCUT2D eigenvalue weighted by Gasteiger charge is -2.20. The average Bonchev–Trinajstić information content (AvgIpc) is 3.14. The fourth-order valence-corrected chi connectivity index (χ4v) is 3.50. The molecule has 0 unspecified atom stereocenters. The van der Waals surface area contributed by atoms with Crippen molar-refractivity contribution in [2.45, 2.75) is 70.5 Å². The van der Waals surface area contributed by atoms with Crippen molar-refractivity contribution in [2.75, 3.05) is 6.54 Å². The van der Waals surface area contributed by atoms with Crippen LogP contribution in [-0.2, 0) is 14.3 Å². The van der Waals surface area contributed by atoms with Crippen LogP contribution >= 0.6 is 0 Å². The smallest absolute Gasteiger partial charge is 0.310 e. The maximum Gasteiger partial charge on any atom is 0.310 e. The van der Waals surface area contributed by atoms with E-state index in [0.29, 0.717) is 6.54 Å². The molecule has 23 heavy (non-hydrogen) atoms. The van der Waals surface area contributed by atoms with E-state index >= 15 is 0 Å². The van der Waals surface area contributed by atoms with Crippen LogP contribution in [0.4, 0.5) is 0 Å². The normalized spacial score (nSPS) is 28.2. The monoisotopic (exact) mass is 323 g/mol. The average molecular weight is 323 g/mol. The quantitative estimate of drug-likeness (QED) is 0.453. The standard InChI is InChI=1S/C18H29NO4/c1-2-3-4-5-6-7-8-9-12-19-17(20)15-13-10-11-14(23-13)16(15)18(21)22/h10-11,13-16H,2-9,12H2,1H3,(H,19,20)(H,21,22)/t13-,14-,15+,16+/m1/s1. The van der Waals surface area contributed by atoms with E-state index in [2.05, 4.69) is 12.2 Å². The molecule has 0 aromatic rings. The summed E-state index contributed by atoms with van der Waals surface area (Å²) in [7, 11) is 0. The predicted octanol–water partition coefficient (Wildman–Crippen LogP) is 2.90. The number of ether oxygens (including phenoxy) is 1. The van der Waals surface area contributed by atoms with Crippen LogP contribution in [0.3, 0.4) is 0 Å². The van der Waals surface area contributed by atoms with Gasteiger partial charge >= 0.3 is 5.97 Å². The number of rotatable bonds is 11. The highest BCUT2D eigenvalue weighted by Crippen LogP contribution is 2.39. The Balaban J connectivity index is 1.60. The fourth-order valence-electron chi connectivity index (χ4n) is 3.50. The molecular formula is C18H29NO4. The van der Waals surface area contributed by atoms with Gasteiger partial charge in [-0.25, -0.2) is 0 Å². The lowest BCUT2D eigenvalue weighted by molar-refractivity contribution is -0.146. The van der Waals surface area contributed by atoms with Crippen LogP contribution in [0.25, 0.3) is 0 Å². The number of carbonyl (C=O) groups is 2. The summed E-state index contributed by atoms with van der Waals surface area (Å²) < 4.78 is 5.52. The van der Waals surface area contributed by atoms with E-state index in [1.807, 2.05) is 6.08 Å². The molecule has 0 aliphatic carbocycles. The van der Waals surface area contributed by atoms with Gasteiger partial charge in [0.05, 0.1) is 18.1 Å². The lowest BCUT2D eigenvalue weighted by Crippen LogP contribution is -2.42. The number of unbranched alkanes of at least 4 members (excludes halogenated alkanes) is 7. The van der Waals surface area contributed by atoms with Crippen LogP contribution < -0.4 is 5.32 Å². The van der Waals surface area contributed by atoms with E-state index in [1.54, 1.807) is 6.08 Å². The van der Waals surface area contributed by atoms with Gasteiger partial charge in [-0.3, -0.25) is 9.59 Å². The molecule has 1 fully saturated rings. The summed E-state index contributed by atoms with van der Waals surface area (Å²) in [5.74, 6) is -2.47. The minimum atomic E-state index is -0.950. The van der Waals surface area contributed by atoms with Gasteiger partial charge in [-0.15, -0.1) is 0 Å². The van der Waals surface area contributed by atoms with E-state index in [1.165, 1.54) is 38.5 Å². The van der Waals surface area contributed by atoms with Gasteiger partial charge in [0.15, 0.2) is 0 Å². The van der Waals surface area contributed by atoms with Crippen molar-refractivity contribution in [3.63, 3.8) is 0 Å². The Bertz CT molecular complexity index is 435. The highest BCUT2D eigenvalue weighted by atomic mass is 16.5. The molecule has 0 aromatic carbocycles. The third kappa shape index (κ3) is 4.80. The van der Waals surface area contributed by atoms with Crippen LogP contribution in [0.5, 0.6) is 0 Å². The fraction of sp³-hybridized carbons (Fsp3) is 0.778. The van der Waals surface area contributed by atoms with Crippen molar-refractivity contribution in [3.8, 4) is 0 Å². The number of hydrogen-bond acceptors (Lipinski definition) is 3. The van der Waals surface area contributed by atoms with Gasteiger partial charge in [0.25, 0.3) is 0 Å². The Morgan fingerprint density at radius 3 is 2.13 bits per heavy atom. The van der Waals surface area contributed by atoms with Crippen LogP contribution in [0.1, 0.15) is 58.3 Å². The number of hydrogen-bond donors (Lipinski definition) is 2. The minimum Gasteiger partial charge on any atom is -0.481 e. The molecule has 0 saturated carbocycles. The van der Waals surface area contributed by atoms with Crippen LogP contribution in [0, 0.1) is 11.8 Å². The molecule has 2 N–H and O–H groups in total. The highest BCUT2D eigenvalue weighted by Gasteiger charge is 2.53. The molecule has 0 spiro atoms. The number of aliphatic carboxylic acids is 1. The molecule has 2 aliphatic heterocycles. The molecule has 2 aliphatic rings. The summed E-state index contributed by atoms with van der Waals surface area (Å²) in [4.78, 5) is 23.6. The Morgan fingerprint density at radius 2 is 1.52 bits per heavy atom. The van der Waals surface area contributed by atoms with Crippen molar-refractivity contribution in [1.29, 1.82) is 0 Å². The van der Waals surface area contributed by atoms with Crippen molar-refractivity contribution < 1.29 is 19.4 Å². The summed E-state index contributed by atoms with van der Waals surface area (Å²) in [6.45, 7) is 2.84. The molecule has 1 saturated heterocycles. The zero-order valence-electron chi connectivity index (χ0n) is 14.0. The van der Waals surface area contributed by atoms with Crippen LogP contribution in [-0.4, -0.2) is 35.7 Å². The summed E-state index contributed by atoms with van der Waals surface area (Å²) in [6, 6.07) is 0. The Kier molecular flexibility index (Phi) is 7.09. The molecule has 2 bridgehead atoms. The van der Waals surface area contributed by atoms with Crippen molar-refractivity contribution >= 4 is 11.9 Å². The molecule has 5 heteroatoms. The van der Waals surface area contributed by atoms with E-state index in [4.69, 9.17) is 4.74 Å². The second kappa shape index (κ2) is 9.06. The number of carboxylic acids is 1. The van der Waals surface area contributed by atoms with Gasteiger partial charge in [-0.1, -0.05) is 64.0 Å². The van der Waals surface area contributed by atoms with Crippen LogP contribution in [0.2, 0.25) is 0 Å². The van der Waals surface area contributed by atoms with E-state index in [0.717, 1.165) is 12.8 Å². The van der Waals surface area contributed by atoms with Crippen molar-refractivity contribution in [2.24, 2.45) is 11.8 Å². The van der Waals surface area contributed by atoms with E-state index in [9.17, 15) is 14.7 Å². The topological polar surface area (TPSA) is 75.6 Å². The second-order valence-electron chi connectivity index (χ2n) is 6.61. The van der Waals surface area contributed by atoms with Gasteiger partial charge in [0.1, 0.15) is 5.92 Å². The number of nitrogens with one attached hydrogen (secondary N) is 1. The Morgan fingerprint density at radius 1 is 0.957 bits per heavy atom. The maximum atomic E-state index is 12.3. The maximum absolute atomic E-state index is 12.3. The summed E-state index contributed by atoms with van der Waals surface area (Å²) in [6.07, 6.45) is 12.5. The minimum absolute atomic E-state index is 0.183. The first kappa shape index (κ1) is 18.0. The molecule has 2 rings (SSSR count). The van der Waals surface area contributed by atoms with Gasteiger partial charge in [0.2, 0.25) is 5.91 Å². The molecular weight excluding hydrogens is 294 g/mol. The number of amides is 1. The molecule has 130 valence electrons. The largest absolute Gasteiger partial charge is 0.481 e. The van der Waals surface area contributed by atoms with Crippen molar-refractivity contribution in [1.82, 2.24) is 5.32 Å². The van der Waals surface area contributed by atoms with E-state index in [-0.39, 0.29) is 12.0 Å². The molecule has 0 radical (unpaired) electrons. The number of carbonyl (C=O) groups excluding carboxylic acids is 1. The zero-order valence-corrected chi connectivity index (χ0v) is 14.0. The molecule has 2 heterocycles. The Labute approximate surface area is 138 Å².